The third-order valence-electron chi connectivity index (χ3n) is 4.75. The number of nitro groups is 6. The van der Waals surface area contributed by atoms with Crippen molar-refractivity contribution in [3.63, 3.8) is 0 Å². The second-order valence-electron chi connectivity index (χ2n) is 7.02. The van der Waals surface area contributed by atoms with Gasteiger partial charge in [-0.1, -0.05) is 0 Å². The van der Waals surface area contributed by atoms with Gasteiger partial charge in [0, 0.05) is 0 Å². The van der Waals surface area contributed by atoms with Crippen LogP contribution in [0.5, 0.6) is 11.5 Å². The number of hydrogen-bond donors (Lipinski definition) is 0. The van der Waals surface area contributed by atoms with Crippen LogP contribution < -0.4 is 9.68 Å². The molecule has 0 aliphatic heterocycles. The van der Waals surface area contributed by atoms with Crippen molar-refractivity contribution in [2.24, 2.45) is 0 Å². The van der Waals surface area contributed by atoms with Crippen LogP contribution in [0.3, 0.4) is 0 Å². The van der Waals surface area contributed by atoms with Gasteiger partial charge in [0.2, 0.25) is 0 Å². The van der Waals surface area contributed by atoms with Crippen LogP contribution in [0.15, 0.2) is 16.5 Å². The van der Waals surface area contributed by atoms with Crippen molar-refractivity contribution in [2.75, 3.05) is 0 Å². The summed E-state index contributed by atoms with van der Waals surface area (Å²) < 4.78 is 4.91. The Kier molecular flexibility index (Phi) is 7.56. The molecule has 0 N–H and O–H groups in total. The molecule has 1 aromatic heterocycles. The van der Waals surface area contributed by atoms with E-state index < -0.39 is 108 Å². The predicted molar refractivity (Wildman–Crippen MR) is 120 cm³/mol. The largest absolute Gasteiger partial charge is 0.415 e. The first kappa shape index (κ1) is 29.9. The Labute approximate surface area is 226 Å². The summed E-state index contributed by atoms with van der Waals surface area (Å²) in [7, 11) is 0. The summed E-state index contributed by atoms with van der Waals surface area (Å²) in [6.07, 6.45) is 0. The van der Waals surface area contributed by atoms with E-state index in [4.69, 9.17) is 4.42 Å². The van der Waals surface area contributed by atoms with Crippen molar-refractivity contribution in [1.29, 1.82) is 0 Å². The third-order valence-corrected chi connectivity index (χ3v) is 4.75. The predicted octanol–water partition coefficient (Wildman–Crippen LogP) is 1.99. The highest BCUT2D eigenvalue weighted by Gasteiger charge is 2.48. The number of rotatable bonds is 12. The fourth-order valence-electron chi connectivity index (χ4n) is 3.34. The Bertz CT molecular complexity index is 1720. The zero-order chi connectivity index (χ0) is 32.5. The van der Waals surface area contributed by atoms with Gasteiger partial charge in [-0.2, -0.15) is 0 Å². The summed E-state index contributed by atoms with van der Waals surface area (Å²) in [6.45, 7) is 0. The Morgan fingerprint density at radius 2 is 0.884 bits per heavy atom. The van der Waals surface area contributed by atoms with E-state index in [1.165, 1.54) is 0 Å². The average Bonchev–Trinajstić information content (AvgIpc) is 3.35. The van der Waals surface area contributed by atoms with Gasteiger partial charge >= 0.3 is 17.1 Å². The molecule has 0 aliphatic carbocycles. The number of aromatic nitrogens is 2. The molecule has 1 heterocycles. The molecule has 29 nitrogen and oxygen atoms in total. The van der Waals surface area contributed by atoms with Crippen LogP contribution in [-0.2, 0) is 0 Å². The van der Waals surface area contributed by atoms with E-state index in [2.05, 4.69) is 19.9 Å². The van der Waals surface area contributed by atoms with Crippen molar-refractivity contribution in [3.05, 3.63) is 93.0 Å². The normalized spacial score (nSPS) is 10.4. The van der Waals surface area contributed by atoms with Gasteiger partial charge < -0.3 is 4.42 Å². The molecule has 0 unspecified atom stereocenters. The van der Waals surface area contributed by atoms with Gasteiger partial charge in [0.1, 0.15) is 0 Å². The summed E-state index contributed by atoms with van der Waals surface area (Å²) in [5.41, 5.74) is -13.5. The lowest BCUT2D eigenvalue weighted by Gasteiger charge is -2.09. The minimum Gasteiger partial charge on any atom is -0.415 e. The Morgan fingerprint density at radius 3 is 1.19 bits per heavy atom. The van der Waals surface area contributed by atoms with Crippen LogP contribution in [0.1, 0.15) is 0 Å². The van der Waals surface area contributed by atoms with Gasteiger partial charge in [-0.15, -0.1) is 30.4 Å². The first-order valence-corrected chi connectivity index (χ1v) is 9.75. The SMILES string of the molecule is O=[N+]([O-])Oc1c([N+](=O)[O-])c(O[N+](=O)[O-])c([N+](=O)[O-])c(-c2nnc(-c3c([N+](=O)[O-])cc([N+](=O)[O-])cc3[N+](=O)[O-])o2)c1[N+](=O)[O-]. The summed E-state index contributed by atoms with van der Waals surface area (Å²) >= 11 is 0. The Balaban J connectivity index is 2.58. The molecule has 0 spiro atoms. The molecule has 222 valence electrons. The number of hydrogen-bond acceptors (Lipinski definition) is 21. The first-order chi connectivity index (χ1) is 20.0. The van der Waals surface area contributed by atoms with Gasteiger partial charge in [-0.25, -0.2) is 0 Å². The minimum atomic E-state index is -2.17. The summed E-state index contributed by atoms with van der Waals surface area (Å²) in [5.74, 6) is -7.20. The van der Waals surface area contributed by atoms with Crippen LogP contribution in [0.25, 0.3) is 22.9 Å². The number of nitro benzene ring substituents is 6. The van der Waals surface area contributed by atoms with Crippen molar-refractivity contribution in [3.8, 4) is 34.4 Å². The average molecular weight is 614 g/mol. The minimum absolute atomic E-state index is 0.190. The lowest BCUT2D eigenvalue weighted by molar-refractivity contribution is -0.715. The lowest BCUT2D eigenvalue weighted by atomic mass is 10.1. The molecule has 43 heavy (non-hydrogen) atoms. The molecule has 0 fully saturated rings. The zero-order valence-electron chi connectivity index (χ0n) is 19.4. The summed E-state index contributed by atoms with van der Waals surface area (Å²) in [6, 6.07) is 0.379. The van der Waals surface area contributed by atoms with Crippen molar-refractivity contribution in [2.45, 2.75) is 0 Å². The molecule has 0 saturated heterocycles. The molecule has 2 aromatic carbocycles. The van der Waals surface area contributed by atoms with Crippen molar-refractivity contribution in [1.82, 2.24) is 10.2 Å². The molecule has 29 heteroatoms. The number of nitrogens with zero attached hydrogens (tertiary/aromatic N) is 10. The molecule has 0 atom stereocenters. The highest BCUT2D eigenvalue weighted by Crippen LogP contribution is 2.56. The second kappa shape index (κ2) is 10.9. The van der Waals surface area contributed by atoms with E-state index in [-0.39, 0.29) is 12.1 Å². The molecular formula is C14H2N10O19. The maximum absolute atomic E-state index is 11.9. The second-order valence-corrected chi connectivity index (χ2v) is 7.02. The molecule has 0 saturated carbocycles. The van der Waals surface area contributed by atoms with E-state index in [9.17, 15) is 80.9 Å². The van der Waals surface area contributed by atoms with E-state index in [0.717, 1.165) is 0 Å². The number of non-ortho nitro benzene ring substituents is 1. The highest BCUT2D eigenvalue weighted by atomic mass is 17.0. The molecule has 3 aromatic rings. The third kappa shape index (κ3) is 5.44. The monoisotopic (exact) mass is 614 g/mol. The fraction of sp³-hybridized carbons (Fsp3) is 0. The lowest BCUT2D eigenvalue weighted by Crippen LogP contribution is -2.14. The van der Waals surface area contributed by atoms with Crippen molar-refractivity contribution < 1.29 is 53.8 Å². The highest BCUT2D eigenvalue weighted by molar-refractivity contribution is 5.91. The molecule has 0 amide bonds. The van der Waals surface area contributed by atoms with E-state index >= 15 is 0 Å². The maximum atomic E-state index is 11.9. The van der Waals surface area contributed by atoms with Crippen LogP contribution in [0, 0.1) is 80.9 Å². The van der Waals surface area contributed by atoms with E-state index in [1.54, 1.807) is 0 Å². The first-order valence-electron chi connectivity index (χ1n) is 9.75. The maximum Gasteiger partial charge on any atom is 0.343 e. The molecular weight excluding hydrogens is 612 g/mol. The fourth-order valence-corrected chi connectivity index (χ4v) is 3.34. The zero-order valence-corrected chi connectivity index (χ0v) is 19.4. The van der Waals surface area contributed by atoms with Crippen molar-refractivity contribution >= 4 is 34.1 Å². The molecule has 0 radical (unpaired) electrons. The van der Waals surface area contributed by atoms with Gasteiger partial charge in [-0.05, 0) is 0 Å². The van der Waals surface area contributed by atoms with Crippen LogP contribution in [0.4, 0.5) is 34.1 Å². The van der Waals surface area contributed by atoms with Crippen LogP contribution >= 0.6 is 0 Å². The molecule has 0 aliphatic rings. The van der Waals surface area contributed by atoms with Gasteiger partial charge in [0.15, 0.2) is 11.1 Å². The summed E-state index contributed by atoms with van der Waals surface area (Å²) in [5, 5.41) is 94.0. The number of benzene rings is 2. The van der Waals surface area contributed by atoms with Gasteiger partial charge in [-0.3, -0.25) is 70.4 Å². The smallest absolute Gasteiger partial charge is 0.343 e. The quantitative estimate of drug-likeness (QED) is 0.208. The molecule has 0 bridgehead atoms. The van der Waals surface area contributed by atoms with Gasteiger partial charge in [0.25, 0.3) is 50.5 Å². The standard InChI is InChI=1S/C14H2N10O19/c25-17(26)3-1-4(18(27)28)6(5(2-3)19(29)30)13-15-16-14(41-13)7-8(20(31)32)11(42-23(37)38)10(22(35)36)12(43-24(39)40)9(7)21(33)34/h1-2H. The van der Waals surface area contributed by atoms with Crippen LogP contribution in [-0.4, -0.2) is 49.9 Å². The van der Waals surface area contributed by atoms with Crippen LogP contribution in [0.2, 0.25) is 0 Å². The Hall–Kier alpha value is -7.62. The van der Waals surface area contributed by atoms with E-state index in [0.29, 0.717) is 0 Å². The Morgan fingerprint density at radius 1 is 0.512 bits per heavy atom. The summed E-state index contributed by atoms with van der Waals surface area (Å²) in [4.78, 5) is 89.9. The topological polar surface area (TPSA) is 402 Å². The molecule has 3 rings (SSSR count). The van der Waals surface area contributed by atoms with Gasteiger partial charge in [0.05, 0.1) is 41.7 Å². The van der Waals surface area contributed by atoms with E-state index in [1.807, 2.05) is 0 Å².